The minimum absolute atomic E-state index is 0.00405. The van der Waals surface area contributed by atoms with Gasteiger partial charge in [-0.15, -0.1) is 10.2 Å². The molecule has 1 aliphatic rings. The normalized spacial score (nSPS) is 15.0. The highest BCUT2D eigenvalue weighted by Gasteiger charge is 2.22. The van der Waals surface area contributed by atoms with Gasteiger partial charge < -0.3 is 14.6 Å². The van der Waals surface area contributed by atoms with E-state index in [0.717, 1.165) is 61.2 Å². The Bertz CT molecular complexity index is 968. The first kappa shape index (κ1) is 22.5. The number of carbonyl (C=O) groups is 1. The number of nitrogens with one attached hydrogen (secondary N) is 1. The standard InChI is InChI=1S/C24H31N5O2S/c1-2-10-21(19-11-5-3-6-12-19)25-22(30)18-32-24-27-26-23(28-14-7-4-8-15-28)29(24)17-20-13-9-16-31-20/h3,5-6,9,11-13,16,21H,2,4,7-8,10,14-15,17-18H2,1H3,(H,25,30). The number of hydrogen-bond donors (Lipinski definition) is 1. The van der Waals surface area contributed by atoms with Crippen LogP contribution >= 0.6 is 11.8 Å². The van der Waals surface area contributed by atoms with E-state index >= 15 is 0 Å². The molecule has 1 aliphatic heterocycles. The molecule has 0 aliphatic carbocycles. The molecular weight excluding hydrogens is 422 g/mol. The third kappa shape index (κ3) is 5.73. The van der Waals surface area contributed by atoms with Gasteiger partial charge >= 0.3 is 0 Å². The maximum Gasteiger partial charge on any atom is 0.230 e. The van der Waals surface area contributed by atoms with E-state index in [1.54, 1.807) is 6.26 Å². The summed E-state index contributed by atoms with van der Waals surface area (Å²) in [4.78, 5) is 15.1. The summed E-state index contributed by atoms with van der Waals surface area (Å²) < 4.78 is 7.65. The van der Waals surface area contributed by atoms with Crippen LogP contribution in [0, 0.1) is 0 Å². The first-order valence-corrected chi connectivity index (χ1v) is 12.4. The number of hydrogen-bond acceptors (Lipinski definition) is 6. The van der Waals surface area contributed by atoms with Crippen LogP contribution in [0.3, 0.4) is 0 Å². The van der Waals surface area contributed by atoms with Crippen LogP contribution in [0.25, 0.3) is 0 Å². The number of benzene rings is 1. The van der Waals surface area contributed by atoms with Crippen molar-refractivity contribution >= 4 is 23.6 Å². The zero-order chi connectivity index (χ0) is 22.2. The highest BCUT2D eigenvalue weighted by molar-refractivity contribution is 7.99. The lowest BCUT2D eigenvalue weighted by atomic mass is 10.0. The molecule has 1 fully saturated rings. The SMILES string of the molecule is CCCC(NC(=O)CSc1nnc(N2CCCCC2)n1Cc1ccco1)c1ccccc1. The fourth-order valence-corrected chi connectivity index (χ4v) is 4.82. The molecule has 3 aromatic rings. The van der Waals surface area contributed by atoms with Crippen molar-refractivity contribution in [2.24, 2.45) is 0 Å². The van der Waals surface area contributed by atoms with Crippen LogP contribution in [0.15, 0.2) is 58.3 Å². The summed E-state index contributed by atoms with van der Waals surface area (Å²) in [7, 11) is 0. The lowest BCUT2D eigenvalue weighted by Gasteiger charge is -2.27. The van der Waals surface area contributed by atoms with Crippen molar-refractivity contribution < 1.29 is 9.21 Å². The van der Waals surface area contributed by atoms with Gasteiger partial charge in [-0.25, -0.2) is 0 Å². The predicted octanol–water partition coefficient (Wildman–Crippen LogP) is 4.66. The lowest BCUT2D eigenvalue weighted by Crippen LogP contribution is -2.32. The number of amides is 1. The van der Waals surface area contributed by atoms with Crippen LogP contribution < -0.4 is 10.2 Å². The zero-order valence-corrected chi connectivity index (χ0v) is 19.4. The van der Waals surface area contributed by atoms with Crippen LogP contribution in [0.1, 0.15) is 56.4 Å². The second-order valence-corrected chi connectivity index (χ2v) is 9.05. The molecule has 4 rings (SSSR count). The molecule has 3 heterocycles. The van der Waals surface area contributed by atoms with Gasteiger partial charge in [-0.2, -0.15) is 0 Å². The third-order valence-corrected chi connectivity index (χ3v) is 6.64. The number of rotatable bonds is 10. The first-order valence-electron chi connectivity index (χ1n) is 11.4. The summed E-state index contributed by atoms with van der Waals surface area (Å²) >= 11 is 1.43. The van der Waals surface area contributed by atoms with E-state index in [-0.39, 0.29) is 11.9 Å². The summed E-state index contributed by atoms with van der Waals surface area (Å²) in [6.45, 7) is 4.66. The van der Waals surface area contributed by atoms with E-state index in [2.05, 4.69) is 44.0 Å². The van der Waals surface area contributed by atoms with Crippen LogP contribution in [0.4, 0.5) is 5.95 Å². The van der Waals surface area contributed by atoms with E-state index in [1.165, 1.54) is 18.2 Å². The maximum absolute atomic E-state index is 12.8. The Hall–Kier alpha value is -2.74. The van der Waals surface area contributed by atoms with Gasteiger partial charge in [0.1, 0.15) is 5.76 Å². The van der Waals surface area contributed by atoms with Crippen molar-refractivity contribution in [2.75, 3.05) is 23.7 Å². The Balaban J connectivity index is 1.44. The van der Waals surface area contributed by atoms with Gasteiger partial charge in [-0.1, -0.05) is 55.4 Å². The average Bonchev–Trinajstić information content (AvgIpc) is 3.49. The topological polar surface area (TPSA) is 76.2 Å². The number of nitrogens with zero attached hydrogens (tertiary/aromatic N) is 4. The Morgan fingerprint density at radius 1 is 1.12 bits per heavy atom. The van der Waals surface area contributed by atoms with Crippen molar-refractivity contribution in [1.29, 1.82) is 0 Å². The molecule has 170 valence electrons. The van der Waals surface area contributed by atoms with Gasteiger partial charge in [0.25, 0.3) is 0 Å². The Morgan fingerprint density at radius 2 is 1.94 bits per heavy atom. The smallest absolute Gasteiger partial charge is 0.230 e. The van der Waals surface area contributed by atoms with Crippen LogP contribution in [0.5, 0.6) is 0 Å². The summed E-state index contributed by atoms with van der Waals surface area (Å²) in [6.07, 6.45) is 7.17. The number of thioether (sulfide) groups is 1. The van der Waals surface area contributed by atoms with E-state index in [0.29, 0.717) is 12.3 Å². The molecule has 32 heavy (non-hydrogen) atoms. The Morgan fingerprint density at radius 3 is 2.66 bits per heavy atom. The summed E-state index contributed by atoms with van der Waals surface area (Å²) in [5, 5.41) is 12.8. The fraction of sp³-hybridized carbons (Fsp3) is 0.458. The molecule has 0 saturated carbocycles. The number of furan rings is 1. The average molecular weight is 454 g/mol. The Kier molecular flexibility index (Phi) is 7.87. The van der Waals surface area contributed by atoms with E-state index in [4.69, 9.17) is 4.42 Å². The molecule has 1 amide bonds. The number of piperidine rings is 1. The van der Waals surface area contributed by atoms with Crippen LogP contribution in [-0.2, 0) is 11.3 Å². The summed E-state index contributed by atoms with van der Waals surface area (Å²) in [5.74, 6) is 2.01. The highest BCUT2D eigenvalue weighted by atomic mass is 32.2. The molecule has 1 unspecified atom stereocenters. The molecule has 0 bridgehead atoms. The van der Waals surface area contributed by atoms with Gasteiger partial charge in [0.2, 0.25) is 11.9 Å². The third-order valence-electron chi connectivity index (χ3n) is 5.68. The molecular formula is C24H31N5O2S. The van der Waals surface area contributed by atoms with Crippen molar-refractivity contribution in [1.82, 2.24) is 20.1 Å². The second kappa shape index (κ2) is 11.2. The fourth-order valence-electron chi connectivity index (χ4n) is 4.07. The van der Waals surface area contributed by atoms with Gasteiger partial charge in [-0.05, 0) is 43.4 Å². The van der Waals surface area contributed by atoms with Crippen molar-refractivity contribution in [2.45, 2.75) is 56.8 Å². The van der Waals surface area contributed by atoms with Crippen molar-refractivity contribution in [3.63, 3.8) is 0 Å². The van der Waals surface area contributed by atoms with Gasteiger partial charge in [-0.3, -0.25) is 9.36 Å². The van der Waals surface area contributed by atoms with Gasteiger partial charge in [0, 0.05) is 13.1 Å². The number of aromatic nitrogens is 3. The molecule has 7 nitrogen and oxygen atoms in total. The van der Waals surface area contributed by atoms with E-state index < -0.39 is 0 Å². The first-order chi connectivity index (χ1) is 15.7. The minimum atomic E-state index is 0.00405. The molecule has 1 saturated heterocycles. The van der Waals surface area contributed by atoms with E-state index in [9.17, 15) is 4.79 Å². The quantitative estimate of drug-likeness (QED) is 0.450. The molecule has 1 atom stereocenters. The number of anilines is 1. The molecule has 2 aromatic heterocycles. The van der Waals surface area contributed by atoms with Gasteiger partial charge in [0.15, 0.2) is 5.16 Å². The van der Waals surface area contributed by atoms with Crippen LogP contribution in [-0.4, -0.2) is 39.5 Å². The van der Waals surface area contributed by atoms with Crippen molar-refractivity contribution in [3.05, 3.63) is 60.1 Å². The second-order valence-electron chi connectivity index (χ2n) is 8.10. The zero-order valence-electron chi connectivity index (χ0n) is 18.6. The maximum atomic E-state index is 12.8. The summed E-state index contributed by atoms with van der Waals surface area (Å²) in [6, 6.07) is 14.0. The van der Waals surface area contributed by atoms with E-state index in [1.807, 2.05) is 30.3 Å². The number of carbonyl (C=O) groups excluding carboxylic acids is 1. The van der Waals surface area contributed by atoms with Crippen LogP contribution in [0.2, 0.25) is 0 Å². The molecule has 1 aromatic carbocycles. The molecule has 8 heteroatoms. The Labute approximate surface area is 193 Å². The lowest BCUT2D eigenvalue weighted by molar-refractivity contribution is -0.119. The highest BCUT2D eigenvalue weighted by Crippen LogP contribution is 2.26. The minimum Gasteiger partial charge on any atom is -0.467 e. The predicted molar refractivity (Wildman–Crippen MR) is 127 cm³/mol. The largest absolute Gasteiger partial charge is 0.467 e. The molecule has 0 radical (unpaired) electrons. The molecule has 1 N–H and O–H groups in total. The molecule has 0 spiro atoms. The van der Waals surface area contributed by atoms with Crippen molar-refractivity contribution in [3.8, 4) is 0 Å². The monoisotopic (exact) mass is 453 g/mol. The van der Waals surface area contributed by atoms with Gasteiger partial charge in [0.05, 0.1) is 24.6 Å². The summed E-state index contributed by atoms with van der Waals surface area (Å²) in [5.41, 5.74) is 1.14.